The lowest BCUT2D eigenvalue weighted by atomic mass is 10.2. The number of carbonyl (C=O) groups is 1. The van der Waals surface area contributed by atoms with Crippen molar-refractivity contribution in [3.63, 3.8) is 0 Å². The number of hydrogen-bond donors (Lipinski definition) is 0. The Balaban J connectivity index is 2.59. The quantitative estimate of drug-likeness (QED) is 0.445. The van der Waals surface area contributed by atoms with E-state index >= 15 is 0 Å². The molecule has 0 amide bonds. The van der Waals surface area contributed by atoms with E-state index in [1.165, 1.54) is 17.3 Å². The number of esters is 1. The lowest BCUT2D eigenvalue weighted by Gasteiger charge is -2.05. The minimum atomic E-state index is -0.341. The van der Waals surface area contributed by atoms with Crippen molar-refractivity contribution in [1.82, 2.24) is 0 Å². The van der Waals surface area contributed by atoms with Crippen LogP contribution in [0.25, 0.3) is 0 Å². The molecule has 3 heteroatoms. The molecule has 0 bridgehead atoms. The summed E-state index contributed by atoms with van der Waals surface area (Å²) in [5.41, 5.74) is 1.28. The third kappa shape index (κ3) is 3.74. The highest BCUT2D eigenvalue weighted by Gasteiger charge is 2.09. The van der Waals surface area contributed by atoms with Gasteiger partial charge in [-0.05, 0) is 31.0 Å². The maximum atomic E-state index is 11.3. The lowest BCUT2D eigenvalue weighted by Crippen LogP contribution is -2.03. The minimum absolute atomic E-state index is 0.341. The van der Waals surface area contributed by atoms with E-state index in [-0.39, 0.29) is 5.97 Å². The van der Waals surface area contributed by atoms with Gasteiger partial charge in [0.2, 0.25) is 0 Å². The summed E-state index contributed by atoms with van der Waals surface area (Å²) in [7, 11) is 0. The van der Waals surface area contributed by atoms with Crippen LogP contribution in [-0.2, 0) is 16.0 Å². The van der Waals surface area contributed by atoms with Crippen LogP contribution in [0.15, 0.2) is 40.6 Å². The van der Waals surface area contributed by atoms with Crippen molar-refractivity contribution in [2.45, 2.75) is 25.2 Å². The molecule has 0 heterocycles. The van der Waals surface area contributed by atoms with E-state index in [2.05, 4.69) is 25.6 Å². The Hall–Kier alpha value is -1.22. The average Bonchev–Trinajstić information content (AvgIpc) is 2.30. The van der Waals surface area contributed by atoms with Gasteiger partial charge in [-0.3, -0.25) is 0 Å². The molecule has 0 spiro atoms. The molecule has 1 rings (SSSR count). The number of hydrogen-bond acceptors (Lipinski definition) is 3. The molecule has 16 heavy (non-hydrogen) atoms. The SMILES string of the molecule is C=C(Sc1ccc(CC)cc1)C(=O)OCC. The predicted molar refractivity (Wildman–Crippen MR) is 67.5 cm³/mol. The Morgan fingerprint density at radius 3 is 2.44 bits per heavy atom. The number of thioether (sulfide) groups is 1. The van der Waals surface area contributed by atoms with E-state index in [0.717, 1.165) is 11.3 Å². The third-order valence-corrected chi connectivity index (χ3v) is 3.00. The van der Waals surface area contributed by atoms with Crippen molar-refractivity contribution >= 4 is 17.7 Å². The van der Waals surface area contributed by atoms with Crippen LogP contribution in [0.1, 0.15) is 19.4 Å². The van der Waals surface area contributed by atoms with Crippen LogP contribution in [0.4, 0.5) is 0 Å². The highest BCUT2D eigenvalue weighted by atomic mass is 32.2. The standard InChI is InChI=1S/C13H16O2S/c1-4-11-6-8-12(9-7-11)16-10(3)13(14)15-5-2/h6-9H,3-5H2,1-2H3. The van der Waals surface area contributed by atoms with Gasteiger partial charge in [-0.1, -0.05) is 37.4 Å². The van der Waals surface area contributed by atoms with Crippen molar-refractivity contribution in [3.8, 4) is 0 Å². The van der Waals surface area contributed by atoms with Crippen LogP contribution in [0.3, 0.4) is 0 Å². The van der Waals surface area contributed by atoms with Crippen LogP contribution in [0, 0.1) is 0 Å². The molecule has 0 fully saturated rings. The molecule has 1 aromatic rings. The normalized spacial score (nSPS) is 9.88. The minimum Gasteiger partial charge on any atom is -0.462 e. The summed E-state index contributed by atoms with van der Waals surface area (Å²) in [5.74, 6) is -0.341. The van der Waals surface area contributed by atoms with Crippen LogP contribution in [0.2, 0.25) is 0 Å². The molecular formula is C13H16O2S. The van der Waals surface area contributed by atoms with E-state index in [4.69, 9.17) is 4.74 Å². The molecule has 86 valence electrons. The number of aryl methyl sites for hydroxylation is 1. The van der Waals surface area contributed by atoms with Crippen LogP contribution in [-0.4, -0.2) is 12.6 Å². The summed E-state index contributed by atoms with van der Waals surface area (Å²) in [4.78, 5) is 12.8. The van der Waals surface area contributed by atoms with Crippen molar-refractivity contribution < 1.29 is 9.53 Å². The van der Waals surface area contributed by atoms with E-state index in [9.17, 15) is 4.79 Å². The number of benzene rings is 1. The average molecular weight is 236 g/mol. The van der Waals surface area contributed by atoms with Crippen LogP contribution >= 0.6 is 11.8 Å². The summed E-state index contributed by atoms with van der Waals surface area (Å²) in [6, 6.07) is 8.10. The van der Waals surface area contributed by atoms with Crippen molar-refractivity contribution in [2.75, 3.05) is 6.61 Å². The largest absolute Gasteiger partial charge is 0.462 e. The third-order valence-electron chi connectivity index (χ3n) is 2.08. The Bertz CT molecular complexity index is 368. The van der Waals surface area contributed by atoms with E-state index in [1.807, 2.05) is 12.1 Å². The molecule has 0 aliphatic carbocycles. The number of ether oxygens (including phenoxy) is 1. The molecule has 0 saturated heterocycles. The molecule has 0 aliphatic heterocycles. The van der Waals surface area contributed by atoms with Crippen molar-refractivity contribution in [2.24, 2.45) is 0 Å². The van der Waals surface area contributed by atoms with Crippen molar-refractivity contribution in [3.05, 3.63) is 41.3 Å². The zero-order valence-electron chi connectivity index (χ0n) is 9.66. The Kier molecular flexibility index (Phi) is 5.12. The summed E-state index contributed by atoms with van der Waals surface area (Å²) < 4.78 is 4.86. The highest BCUT2D eigenvalue weighted by Crippen LogP contribution is 2.26. The first kappa shape index (κ1) is 12.8. The first-order valence-corrected chi connectivity index (χ1v) is 6.11. The molecule has 0 atom stereocenters. The zero-order chi connectivity index (χ0) is 12.0. The molecule has 0 N–H and O–H groups in total. The molecule has 0 saturated carbocycles. The van der Waals surface area contributed by atoms with Gasteiger partial charge < -0.3 is 4.74 Å². The van der Waals surface area contributed by atoms with Gasteiger partial charge in [0.05, 0.1) is 11.5 Å². The molecule has 1 aromatic carbocycles. The van der Waals surface area contributed by atoms with Gasteiger partial charge in [0.25, 0.3) is 0 Å². The molecule has 0 aliphatic rings. The Labute approximate surface area is 101 Å². The van der Waals surface area contributed by atoms with Crippen molar-refractivity contribution in [1.29, 1.82) is 0 Å². The zero-order valence-corrected chi connectivity index (χ0v) is 10.5. The van der Waals surface area contributed by atoms with Crippen LogP contribution < -0.4 is 0 Å². The number of rotatable bonds is 5. The van der Waals surface area contributed by atoms with Crippen LogP contribution in [0.5, 0.6) is 0 Å². The summed E-state index contributed by atoms with van der Waals surface area (Å²) in [6.07, 6.45) is 1.02. The van der Waals surface area contributed by atoms with E-state index < -0.39 is 0 Å². The van der Waals surface area contributed by atoms with Gasteiger partial charge in [-0.25, -0.2) is 4.79 Å². The van der Waals surface area contributed by atoms with Gasteiger partial charge in [-0.15, -0.1) is 0 Å². The highest BCUT2D eigenvalue weighted by molar-refractivity contribution is 8.04. The van der Waals surface area contributed by atoms with Gasteiger partial charge in [0.1, 0.15) is 0 Å². The monoisotopic (exact) mass is 236 g/mol. The van der Waals surface area contributed by atoms with Gasteiger partial charge >= 0.3 is 5.97 Å². The summed E-state index contributed by atoms with van der Waals surface area (Å²) in [6.45, 7) is 7.98. The van der Waals surface area contributed by atoms with Gasteiger partial charge in [0.15, 0.2) is 0 Å². The predicted octanol–water partition coefficient (Wildman–Crippen LogP) is 3.42. The molecular weight excluding hydrogens is 220 g/mol. The van der Waals surface area contributed by atoms with Gasteiger partial charge in [-0.2, -0.15) is 0 Å². The second-order valence-corrected chi connectivity index (χ2v) is 4.41. The Morgan fingerprint density at radius 2 is 1.94 bits per heavy atom. The first-order chi connectivity index (χ1) is 7.67. The van der Waals surface area contributed by atoms with E-state index in [0.29, 0.717) is 11.5 Å². The maximum Gasteiger partial charge on any atom is 0.344 e. The van der Waals surface area contributed by atoms with Gasteiger partial charge in [0, 0.05) is 4.90 Å². The van der Waals surface area contributed by atoms with E-state index in [1.54, 1.807) is 6.92 Å². The smallest absolute Gasteiger partial charge is 0.344 e. The Morgan fingerprint density at radius 1 is 1.31 bits per heavy atom. The molecule has 2 nitrogen and oxygen atoms in total. The fraction of sp³-hybridized carbons (Fsp3) is 0.308. The maximum absolute atomic E-state index is 11.3. The fourth-order valence-electron chi connectivity index (χ4n) is 1.19. The summed E-state index contributed by atoms with van der Waals surface area (Å²) >= 11 is 1.34. The molecule has 0 unspecified atom stereocenters. The number of carbonyl (C=O) groups excluding carboxylic acids is 1. The topological polar surface area (TPSA) is 26.3 Å². The second kappa shape index (κ2) is 6.38. The lowest BCUT2D eigenvalue weighted by molar-refractivity contribution is -0.137. The molecule has 0 radical (unpaired) electrons. The molecule has 0 aromatic heterocycles. The summed E-state index contributed by atoms with van der Waals surface area (Å²) in [5, 5.41) is 0. The first-order valence-electron chi connectivity index (χ1n) is 5.30. The second-order valence-electron chi connectivity index (χ2n) is 3.24. The fourth-order valence-corrected chi connectivity index (χ4v) is 1.89.